The van der Waals surface area contributed by atoms with E-state index >= 15 is 0 Å². The lowest BCUT2D eigenvalue weighted by Gasteiger charge is -2.36. The Morgan fingerprint density at radius 1 is 1.03 bits per heavy atom. The van der Waals surface area contributed by atoms with Gasteiger partial charge >= 0.3 is 0 Å². The summed E-state index contributed by atoms with van der Waals surface area (Å²) in [6, 6.07) is 12.2. The molecule has 0 atom stereocenters. The van der Waals surface area contributed by atoms with E-state index in [1.54, 1.807) is 18.4 Å². The van der Waals surface area contributed by atoms with Crippen molar-refractivity contribution >= 4 is 11.7 Å². The monoisotopic (exact) mass is 416 g/mol. The third kappa shape index (κ3) is 4.20. The highest BCUT2D eigenvalue weighted by Gasteiger charge is 2.31. The fraction of sp³-hybridized carbons (Fsp3) is 0.400. The lowest BCUT2D eigenvalue weighted by molar-refractivity contribution is 0.0714. The van der Waals surface area contributed by atoms with Crippen molar-refractivity contribution in [2.24, 2.45) is 0 Å². The topological polar surface area (TPSA) is 62.5 Å². The molecule has 0 spiro atoms. The van der Waals surface area contributed by atoms with Crippen molar-refractivity contribution in [3.63, 3.8) is 0 Å². The smallest absolute Gasteiger partial charge is 0.289 e. The molecule has 3 aromatic rings. The number of benzene rings is 1. The molecule has 1 aromatic carbocycles. The number of anilines is 1. The molecule has 1 saturated heterocycles. The average molecular weight is 417 g/mol. The maximum atomic E-state index is 12.6. The van der Waals surface area contributed by atoms with Crippen LogP contribution >= 0.6 is 0 Å². The van der Waals surface area contributed by atoms with Crippen LogP contribution in [0.1, 0.15) is 57.5 Å². The van der Waals surface area contributed by atoms with Crippen molar-refractivity contribution in [3.05, 3.63) is 76.6 Å². The molecule has 2 aliphatic rings. The zero-order chi connectivity index (χ0) is 21.4. The highest BCUT2D eigenvalue weighted by molar-refractivity contribution is 5.91. The van der Waals surface area contributed by atoms with Crippen LogP contribution < -0.4 is 4.90 Å². The quantitative estimate of drug-likeness (QED) is 0.626. The Morgan fingerprint density at radius 3 is 2.42 bits per heavy atom. The predicted molar refractivity (Wildman–Crippen MR) is 120 cm³/mol. The molecule has 0 bridgehead atoms. The van der Waals surface area contributed by atoms with Crippen molar-refractivity contribution in [1.29, 1.82) is 0 Å². The summed E-state index contributed by atoms with van der Waals surface area (Å²) in [5, 5.41) is 0. The van der Waals surface area contributed by atoms with E-state index in [2.05, 4.69) is 43.0 Å². The summed E-state index contributed by atoms with van der Waals surface area (Å²) in [4.78, 5) is 26.7. The molecule has 2 fully saturated rings. The average Bonchev–Trinajstić information content (AvgIpc) is 3.50. The summed E-state index contributed by atoms with van der Waals surface area (Å²) >= 11 is 0. The first-order valence-corrected chi connectivity index (χ1v) is 11.1. The molecule has 1 saturated carbocycles. The first-order valence-electron chi connectivity index (χ1n) is 11.1. The Hall–Kier alpha value is -3.15. The van der Waals surface area contributed by atoms with Gasteiger partial charge in [-0.3, -0.25) is 4.79 Å². The van der Waals surface area contributed by atoms with Gasteiger partial charge in [-0.05, 0) is 44.4 Å². The predicted octanol–water partition coefficient (Wildman–Crippen LogP) is 4.12. The van der Waals surface area contributed by atoms with E-state index in [1.165, 1.54) is 29.5 Å². The van der Waals surface area contributed by atoms with Gasteiger partial charge in [-0.2, -0.15) is 0 Å². The van der Waals surface area contributed by atoms with Crippen molar-refractivity contribution in [1.82, 2.24) is 14.9 Å². The number of aromatic nitrogens is 2. The van der Waals surface area contributed by atoms with E-state index in [-0.39, 0.29) is 5.91 Å². The summed E-state index contributed by atoms with van der Waals surface area (Å²) in [7, 11) is 0. The molecule has 0 radical (unpaired) electrons. The fourth-order valence-corrected chi connectivity index (χ4v) is 4.18. The Morgan fingerprint density at radius 2 is 1.77 bits per heavy atom. The Labute approximate surface area is 182 Å². The molecule has 0 unspecified atom stereocenters. The number of piperazine rings is 1. The van der Waals surface area contributed by atoms with Gasteiger partial charge in [-0.1, -0.05) is 29.8 Å². The minimum absolute atomic E-state index is 0.0398. The molecule has 31 heavy (non-hydrogen) atoms. The van der Waals surface area contributed by atoms with Gasteiger partial charge in [0.15, 0.2) is 5.76 Å². The normalized spacial score (nSPS) is 16.6. The summed E-state index contributed by atoms with van der Waals surface area (Å²) in [5.41, 5.74) is 4.79. The van der Waals surface area contributed by atoms with Gasteiger partial charge in [-0.25, -0.2) is 9.97 Å². The Kier molecular flexibility index (Phi) is 5.22. The third-order valence-electron chi connectivity index (χ3n) is 6.25. The molecule has 160 valence electrons. The van der Waals surface area contributed by atoms with Crippen LogP contribution in [-0.2, 0) is 6.42 Å². The molecular weight excluding hydrogens is 388 g/mol. The van der Waals surface area contributed by atoms with E-state index in [4.69, 9.17) is 14.4 Å². The second-order valence-corrected chi connectivity index (χ2v) is 8.66. The van der Waals surface area contributed by atoms with Crippen molar-refractivity contribution in [2.45, 2.75) is 39.0 Å². The van der Waals surface area contributed by atoms with Gasteiger partial charge in [0, 0.05) is 49.8 Å². The standard InChI is InChI=1S/C25H28N4O2/c1-17-5-7-19(8-6-17)16-21-18(2)26-23(20-9-10-20)27-24(21)28-11-13-29(14-12-28)25(30)22-4-3-15-31-22/h3-8,15,20H,9-14,16H2,1-2H3. The van der Waals surface area contributed by atoms with Crippen LogP contribution in [0, 0.1) is 13.8 Å². The molecular formula is C25H28N4O2. The zero-order valence-corrected chi connectivity index (χ0v) is 18.2. The van der Waals surface area contributed by atoms with Gasteiger partial charge in [0.2, 0.25) is 0 Å². The third-order valence-corrected chi connectivity index (χ3v) is 6.25. The molecule has 0 N–H and O–H groups in total. The molecule has 5 rings (SSSR count). The van der Waals surface area contributed by atoms with E-state index in [0.29, 0.717) is 24.8 Å². The largest absolute Gasteiger partial charge is 0.459 e. The van der Waals surface area contributed by atoms with Gasteiger partial charge in [0.1, 0.15) is 11.6 Å². The summed E-state index contributed by atoms with van der Waals surface area (Å²) < 4.78 is 5.29. The number of furan rings is 1. The number of rotatable bonds is 5. The van der Waals surface area contributed by atoms with E-state index < -0.39 is 0 Å². The summed E-state index contributed by atoms with van der Waals surface area (Å²) in [6.07, 6.45) is 4.73. The minimum Gasteiger partial charge on any atom is -0.459 e. The van der Waals surface area contributed by atoms with E-state index in [9.17, 15) is 4.79 Å². The molecule has 1 amide bonds. The molecule has 1 aliphatic carbocycles. The number of nitrogens with zero attached hydrogens (tertiary/aromatic N) is 4. The van der Waals surface area contributed by atoms with Crippen molar-refractivity contribution < 1.29 is 9.21 Å². The maximum Gasteiger partial charge on any atom is 0.289 e. The number of hydrogen-bond donors (Lipinski definition) is 0. The van der Waals surface area contributed by atoms with Gasteiger partial charge < -0.3 is 14.2 Å². The molecule has 3 heterocycles. The van der Waals surface area contributed by atoms with Crippen molar-refractivity contribution in [2.75, 3.05) is 31.1 Å². The van der Waals surface area contributed by atoms with E-state index in [0.717, 1.165) is 36.8 Å². The van der Waals surface area contributed by atoms with Crippen LogP contribution in [0.5, 0.6) is 0 Å². The summed E-state index contributed by atoms with van der Waals surface area (Å²) in [6.45, 7) is 7.05. The van der Waals surface area contributed by atoms with Crippen LogP contribution in [0.2, 0.25) is 0 Å². The van der Waals surface area contributed by atoms with E-state index in [1.807, 2.05) is 4.90 Å². The summed E-state index contributed by atoms with van der Waals surface area (Å²) in [5.74, 6) is 2.89. The zero-order valence-electron chi connectivity index (χ0n) is 18.2. The van der Waals surface area contributed by atoms with Gasteiger partial charge in [0.05, 0.1) is 6.26 Å². The Bertz CT molecular complexity index is 1060. The van der Waals surface area contributed by atoms with Crippen LogP contribution in [0.25, 0.3) is 0 Å². The molecule has 2 aromatic heterocycles. The number of carbonyl (C=O) groups excluding carboxylic acids is 1. The second-order valence-electron chi connectivity index (χ2n) is 8.66. The lowest BCUT2D eigenvalue weighted by atomic mass is 10.0. The maximum absolute atomic E-state index is 12.6. The van der Waals surface area contributed by atoms with Crippen LogP contribution in [0.15, 0.2) is 47.1 Å². The van der Waals surface area contributed by atoms with Crippen LogP contribution in [0.3, 0.4) is 0 Å². The SMILES string of the molecule is Cc1ccc(Cc2c(C)nc(C3CC3)nc2N2CCN(C(=O)c3ccco3)CC2)cc1. The highest BCUT2D eigenvalue weighted by atomic mass is 16.3. The second kappa shape index (κ2) is 8.17. The number of hydrogen-bond acceptors (Lipinski definition) is 5. The molecule has 1 aliphatic heterocycles. The highest BCUT2D eigenvalue weighted by Crippen LogP contribution is 2.39. The first-order chi connectivity index (χ1) is 15.1. The van der Waals surface area contributed by atoms with Gasteiger partial charge in [-0.15, -0.1) is 0 Å². The van der Waals surface area contributed by atoms with Crippen LogP contribution in [-0.4, -0.2) is 47.0 Å². The number of carbonyl (C=O) groups is 1. The molecule has 6 nitrogen and oxygen atoms in total. The lowest BCUT2D eigenvalue weighted by Crippen LogP contribution is -2.49. The number of amides is 1. The van der Waals surface area contributed by atoms with Crippen LogP contribution in [0.4, 0.5) is 5.82 Å². The first kappa shape index (κ1) is 19.8. The van der Waals surface area contributed by atoms with Crippen molar-refractivity contribution in [3.8, 4) is 0 Å². The minimum atomic E-state index is -0.0398. The number of aryl methyl sites for hydroxylation is 2. The Balaban J connectivity index is 1.39. The molecule has 6 heteroatoms. The fourth-order valence-electron chi connectivity index (χ4n) is 4.18. The van der Waals surface area contributed by atoms with Gasteiger partial charge in [0.25, 0.3) is 5.91 Å².